The highest BCUT2D eigenvalue weighted by Gasteiger charge is 2.16. The van der Waals surface area contributed by atoms with Gasteiger partial charge in [0.25, 0.3) is 0 Å². The molecule has 1 rings (SSSR count). The minimum Gasteiger partial charge on any atom is -0.464 e. The third-order valence-electron chi connectivity index (χ3n) is 3.18. The van der Waals surface area contributed by atoms with Crippen LogP contribution in [0.1, 0.15) is 26.7 Å². The average Bonchev–Trinajstić information content (AvgIpc) is 2.32. The van der Waals surface area contributed by atoms with Crippen molar-refractivity contribution in [1.82, 2.24) is 10.2 Å². The number of piperazine rings is 1. The van der Waals surface area contributed by atoms with E-state index in [4.69, 9.17) is 4.74 Å². The van der Waals surface area contributed by atoms with Crippen LogP contribution in [-0.2, 0) is 9.53 Å². The van der Waals surface area contributed by atoms with E-state index in [0.717, 1.165) is 45.6 Å². The highest BCUT2D eigenvalue weighted by molar-refractivity contribution is 5.72. The third kappa shape index (κ3) is 4.49. The molecule has 0 aromatic rings. The first kappa shape index (κ1) is 13.5. The summed E-state index contributed by atoms with van der Waals surface area (Å²) in [6.45, 7) is 9.67. The van der Waals surface area contributed by atoms with Crippen LogP contribution in [0.2, 0.25) is 0 Å². The molecule has 0 aromatic carbocycles. The zero-order valence-corrected chi connectivity index (χ0v) is 10.5. The van der Waals surface area contributed by atoms with Gasteiger partial charge in [0.1, 0.15) is 6.61 Å². The third-order valence-corrected chi connectivity index (χ3v) is 3.18. The van der Waals surface area contributed by atoms with Crippen molar-refractivity contribution in [1.29, 1.82) is 0 Å². The van der Waals surface area contributed by atoms with Gasteiger partial charge in [0.2, 0.25) is 0 Å². The predicted octanol–water partition coefficient (Wildman–Crippen LogP) is 0.871. The van der Waals surface area contributed by atoms with Crippen molar-refractivity contribution in [3.63, 3.8) is 0 Å². The second-order valence-corrected chi connectivity index (χ2v) is 4.27. The fourth-order valence-corrected chi connectivity index (χ4v) is 1.95. The summed E-state index contributed by atoms with van der Waals surface area (Å²) in [5.41, 5.74) is 0. The van der Waals surface area contributed by atoms with Crippen molar-refractivity contribution in [2.24, 2.45) is 5.92 Å². The summed E-state index contributed by atoms with van der Waals surface area (Å²) in [6.07, 6.45) is 1.76. The lowest BCUT2D eigenvalue weighted by Crippen LogP contribution is -2.44. The molecule has 0 atom stereocenters. The number of ether oxygens (including phenoxy) is 1. The van der Waals surface area contributed by atoms with Gasteiger partial charge in [-0.1, -0.05) is 13.8 Å². The molecule has 1 aliphatic heterocycles. The Balaban J connectivity index is 2.11. The maximum Gasteiger partial charge on any atom is 0.308 e. The van der Waals surface area contributed by atoms with Crippen LogP contribution in [0.3, 0.4) is 0 Å². The molecule has 0 saturated carbocycles. The Morgan fingerprint density at radius 3 is 2.50 bits per heavy atom. The monoisotopic (exact) mass is 228 g/mol. The van der Waals surface area contributed by atoms with E-state index >= 15 is 0 Å². The molecule has 4 nitrogen and oxygen atoms in total. The average molecular weight is 228 g/mol. The van der Waals surface area contributed by atoms with Crippen LogP contribution in [0.4, 0.5) is 0 Å². The molecular formula is C12H24N2O2. The molecule has 94 valence electrons. The van der Waals surface area contributed by atoms with Crippen molar-refractivity contribution < 1.29 is 9.53 Å². The molecular weight excluding hydrogens is 204 g/mol. The quantitative estimate of drug-likeness (QED) is 0.685. The topological polar surface area (TPSA) is 41.6 Å². The molecule has 4 heteroatoms. The Bertz CT molecular complexity index is 199. The predicted molar refractivity (Wildman–Crippen MR) is 64.3 cm³/mol. The first-order valence-electron chi connectivity index (χ1n) is 6.37. The van der Waals surface area contributed by atoms with E-state index in [9.17, 15) is 4.79 Å². The zero-order valence-electron chi connectivity index (χ0n) is 10.5. The minimum absolute atomic E-state index is 0.0277. The lowest BCUT2D eigenvalue weighted by molar-refractivity contribution is -0.149. The van der Waals surface area contributed by atoms with E-state index < -0.39 is 0 Å². The van der Waals surface area contributed by atoms with E-state index in [0.29, 0.717) is 6.61 Å². The Kier molecular flexibility index (Phi) is 6.42. The molecule has 0 radical (unpaired) electrons. The largest absolute Gasteiger partial charge is 0.464 e. The normalized spacial score (nSPS) is 17.7. The van der Waals surface area contributed by atoms with E-state index in [1.54, 1.807) is 0 Å². The van der Waals surface area contributed by atoms with Crippen LogP contribution >= 0.6 is 0 Å². The Hall–Kier alpha value is -0.610. The number of carbonyl (C=O) groups is 1. The molecule has 0 bridgehead atoms. The maximum atomic E-state index is 11.6. The van der Waals surface area contributed by atoms with Gasteiger partial charge in [0.15, 0.2) is 0 Å². The lowest BCUT2D eigenvalue weighted by atomic mass is 10.0. The SMILES string of the molecule is CCC(CC)C(=O)OCCN1CCNCC1. The summed E-state index contributed by atoms with van der Waals surface area (Å²) in [5, 5.41) is 3.30. The van der Waals surface area contributed by atoms with Crippen molar-refractivity contribution >= 4 is 5.97 Å². The molecule has 0 unspecified atom stereocenters. The van der Waals surface area contributed by atoms with Gasteiger partial charge in [-0.05, 0) is 12.8 Å². The van der Waals surface area contributed by atoms with E-state index in [1.807, 2.05) is 13.8 Å². The van der Waals surface area contributed by atoms with Crippen molar-refractivity contribution in [2.45, 2.75) is 26.7 Å². The molecule has 1 N–H and O–H groups in total. The van der Waals surface area contributed by atoms with Crippen LogP contribution < -0.4 is 5.32 Å². The highest BCUT2D eigenvalue weighted by Crippen LogP contribution is 2.09. The molecule has 0 amide bonds. The second-order valence-electron chi connectivity index (χ2n) is 4.27. The molecule has 1 aliphatic rings. The number of hydrogen-bond donors (Lipinski definition) is 1. The van der Waals surface area contributed by atoms with Gasteiger partial charge in [0, 0.05) is 32.7 Å². The number of nitrogens with one attached hydrogen (secondary N) is 1. The molecule has 0 aromatic heterocycles. The van der Waals surface area contributed by atoms with Crippen LogP contribution in [0.5, 0.6) is 0 Å². The van der Waals surface area contributed by atoms with Crippen molar-refractivity contribution in [3.05, 3.63) is 0 Å². The smallest absolute Gasteiger partial charge is 0.308 e. The van der Waals surface area contributed by atoms with Crippen LogP contribution in [-0.4, -0.2) is 50.2 Å². The van der Waals surface area contributed by atoms with Gasteiger partial charge in [-0.25, -0.2) is 0 Å². The van der Waals surface area contributed by atoms with Crippen LogP contribution in [0.25, 0.3) is 0 Å². The number of rotatable bonds is 6. The van der Waals surface area contributed by atoms with Gasteiger partial charge >= 0.3 is 5.97 Å². The van der Waals surface area contributed by atoms with Gasteiger partial charge < -0.3 is 10.1 Å². The van der Waals surface area contributed by atoms with Gasteiger partial charge in [-0.3, -0.25) is 9.69 Å². The lowest BCUT2D eigenvalue weighted by Gasteiger charge is -2.27. The maximum absolute atomic E-state index is 11.6. The van der Waals surface area contributed by atoms with Gasteiger partial charge in [-0.15, -0.1) is 0 Å². The fourth-order valence-electron chi connectivity index (χ4n) is 1.95. The van der Waals surface area contributed by atoms with Crippen molar-refractivity contribution in [3.8, 4) is 0 Å². The minimum atomic E-state index is -0.0277. The molecule has 1 saturated heterocycles. The molecule has 1 fully saturated rings. The standard InChI is InChI=1S/C12H24N2O2/c1-3-11(4-2)12(15)16-10-9-14-7-5-13-6-8-14/h11,13H,3-10H2,1-2H3. The van der Waals surface area contributed by atoms with Crippen LogP contribution in [0.15, 0.2) is 0 Å². The van der Waals surface area contributed by atoms with E-state index in [-0.39, 0.29) is 11.9 Å². The van der Waals surface area contributed by atoms with E-state index in [2.05, 4.69) is 10.2 Å². The summed E-state index contributed by atoms with van der Waals surface area (Å²) in [6, 6.07) is 0. The zero-order chi connectivity index (χ0) is 11.8. The Morgan fingerprint density at radius 2 is 1.94 bits per heavy atom. The summed E-state index contributed by atoms with van der Waals surface area (Å²) < 4.78 is 5.29. The number of carbonyl (C=O) groups excluding carboxylic acids is 1. The van der Waals surface area contributed by atoms with Gasteiger partial charge in [-0.2, -0.15) is 0 Å². The van der Waals surface area contributed by atoms with Gasteiger partial charge in [0.05, 0.1) is 5.92 Å². The Morgan fingerprint density at radius 1 is 1.31 bits per heavy atom. The van der Waals surface area contributed by atoms with Crippen molar-refractivity contribution in [2.75, 3.05) is 39.3 Å². The summed E-state index contributed by atoms with van der Waals surface area (Å²) >= 11 is 0. The summed E-state index contributed by atoms with van der Waals surface area (Å²) in [7, 11) is 0. The molecule has 16 heavy (non-hydrogen) atoms. The Labute approximate surface area is 98.3 Å². The molecule has 1 heterocycles. The van der Waals surface area contributed by atoms with E-state index in [1.165, 1.54) is 0 Å². The highest BCUT2D eigenvalue weighted by atomic mass is 16.5. The fraction of sp³-hybridized carbons (Fsp3) is 0.917. The summed E-state index contributed by atoms with van der Waals surface area (Å²) in [5.74, 6) is 0.0585. The molecule has 0 spiro atoms. The van der Waals surface area contributed by atoms with Crippen LogP contribution in [0, 0.1) is 5.92 Å². The second kappa shape index (κ2) is 7.63. The number of nitrogens with zero attached hydrogens (tertiary/aromatic N) is 1. The first-order chi connectivity index (χ1) is 7.77. The first-order valence-corrected chi connectivity index (χ1v) is 6.37. The summed E-state index contributed by atoms with van der Waals surface area (Å²) in [4.78, 5) is 13.9. The number of esters is 1. The molecule has 0 aliphatic carbocycles. The number of hydrogen-bond acceptors (Lipinski definition) is 4.